The summed E-state index contributed by atoms with van der Waals surface area (Å²) in [4.78, 5) is 18.8. The van der Waals surface area contributed by atoms with Gasteiger partial charge >= 0.3 is 0 Å². The maximum atomic E-state index is 13.3. The van der Waals surface area contributed by atoms with Gasteiger partial charge in [-0.3, -0.25) is 9.69 Å². The SMILES string of the molecule is CSc1nnc2c(n1)OC(c1ccc(-c3ccc(F)cc3)o1)N(C(C)=O)c1ccccc1-2. The second-order valence-corrected chi connectivity index (χ2v) is 7.81. The van der Waals surface area contributed by atoms with Gasteiger partial charge in [0, 0.05) is 18.1 Å². The molecule has 0 radical (unpaired) electrons. The first-order chi connectivity index (χ1) is 15.5. The van der Waals surface area contributed by atoms with Gasteiger partial charge in [-0.25, -0.2) is 4.39 Å². The van der Waals surface area contributed by atoms with E-state index < -0.39 is 6.23 Å². The van der Waals surface area contributed by atoms with Gasteiger partial charge < -0.3 is 9.15 Å². The molecule has 4 aromatic rings. The van der Waals surface area contributed by atoms with E-state index in [2.05, 4.69) is 15.2 Å². The van der Waals surface area contributed by atoms with Crippen molar-refractivity contribution in [1.29, 1.82) is 0 Å². The number of hydrogen-bond donors (Lipinski definition) is 0. The van der Waals surface area contributed by atoms with Crippen LogP contribution in [0.15, 0.2) is 70.2 Å². The fourth-order valence-electron chi connectivity index (χ4n) is 3.58. The number of thioether (sulfide) groups is 1. The van der Waals surface area contributed by atoms with Gasteiger partial charge in [-0.1, -0.05) is 30.0 Å². The minimum absolute atomic E-state index is 0.243. The molecule has 160 valence electrons. The van der Waals surface area contributed by atoms with Gasteiger partial charge in [-0.15, -0.1) is 10.2 Å². The number of carbonyl (C=O) groups is 1. The van der Waals surface area contributed by atoms with E-state index in [1.165, 1.54) is 35.7 Å². The lowest BCUT2D eigenvalue weighted by Gasteiger charge is -2.28. The summed E-state index contributed by atoms with van der Waals surface area (Å²) >= 11 is 1.34. The highest BCUT2D eigenvalue weighted by Crippen LogP contribution is 2.43. The molecule has 5 rings (SSSR count). The van der Waals surface area contributed by atoms with Crippen LogP contribution in [0.4, 0.5) is 10.1 Å². The Hall–Kier alpha value is -3.72. The fourth-order valence-corrected chi connectivity index (χ4v) is 3.88. The Morgan fingerprint density at radius 2 is 1.84 bits per heavy atom. The maximum Gasteiger partial charge on any atom is 0.247 e. The van der Waals surface area contributed by atoms with Gasteiger partial charge in [0.05, 0.1) is 5.69 Å². The summed E-state index contributed by atoms with van der Waals surface area (Å²) in [6.07, 6.45) is 0.921. The largest absolute Gasteiger partial charge is 0.455 e. The third-order valence-electron chi connectivity index (χ3n) is 5.03. The predicted octanol–water partition coefficient (Wildman–Crippen LogP) is 5.10. The molecular weight excluding hydrogens is 431 g/mol. The maximum absolute atomic E-state index is 13.3. The Morgan fingerprint density at radius 3 is 2.59 bits per heavy atom. The van der Waals surface area contributed by atoms with Gasteiger partial charge in [0.2, 0.25) is 23.2 Å². The molecule has 1 amide bonds. The van der Waals surface area contributed by atoms with E-state index in [4.69, 9.17) is 9.15 Å². The van der Waals surface area contributed by atoms with E-state index in [0.29, 0.717) is 39.2 Å². The minimum atomic E-state index is -0.921. The van der Waals surface area contributed by atoms with Crippen LogP contribution in [0.3, 0.4) is 0 Å². The van der Waals surface area contributed by atoms with Crippen molar-refractivity contribution in [2.24, 2.45) is 0 Å². The molecule has 0 fully saturated rings. The lowest BCUT2D eigenvalue weighted by molar-refractivity contribution is -0.118. The number of aromatic nitrogens is 3. The first-order valence-corrected chi connectivity index (χ1v) is 11.0. The summed E-state index contributed by atoms with van der Waals surface area (Å²) in [5.74, 6) is 0.598. The predicted molar refractivity (Wildman–Crippen MR) is 118 cm³/mol. The van der Waals surface area contributed by atoms with Gasteiger partial charge in [-0.05, 0) is 48.7 Å². The third kappa shape index (κ3) is 3.50. The number of fused-ring (bicyclic) bond motifs is 3. The van der Waals surface area contributed by atoms with E-state index in [9.17, 15) is 9.18 Å². The fraction of sp³-hybridized carbons (Fsp3) is 0.130. The molecule has 0 aliphatic carbocycles. The lowest BCUT2D eigenvalue weighted by Crippen LogP contribution is -2.35. The van der Waals surface area contributed by atoms with Crippen molar-refractivity contribution in [2.45, 2.75) is 18.3 Å². The van der Waals surface area contributed by atoms with Crippen LogP contribution >= 0.6 is 11.8 Å². The van der Waals surface area contributed by atoms with Crippen molar-refractivity contribution in [3.63, 3.8) is 0 Å². The molecule has 2 aromatic heterocycles. The van der Waals surface area contributed by atoms with Crippen LogP contribution in [-0.2, 0) is 4.79 Å². The Labute approximate surface area is 187 Å². The first-order valence-electron chi connectivity index (χ1n) is 9.75. The molecule has 7 nitrogen and oxygen atoms in total. The first kappa shape index (κ1) is 20.2. The number of benzene rings is 2. The molecule has 0 spiro atoms. The number of para-hydroxylation sites is 1. The summed E-state index contributed by atoms with van der Waals surface area (Å²) in [7, 11) is 0. The van der Waals surface area contributed by atoms with Crippen LogP contribution in [0.2, 0.25) is 0 Å². The number of rotatable bonds is 3. The zero-order valence-electron chi connectivity index (χ0n) is 17.2. The van der Waals surface area contributed by atoms with Gasteiger partial charge in [-0.2, -0.15) is 4.98 Å². The molecule has 9 heteroatoms. The summed E-state index contributed by atoms with van der Waals surface area (Å²) < 4.78 is 25.6. The number of ether oxygens (including phenoxy) is 1. The van der Waals surface area contributed by atoms with Crippen LogP contribution in [0, 0.1) is 5.82 Å². The Kier molecular flexibility index (Phi) is 5.10. The topological polar surface area (TPSA) is 81.3 Å². The number of nitrogens with zero attached hydrogens (tertiary/aromatic N) is 4. The standard InChI is InChI=1S/C23H17FN4O3S/c1-13(29)28-17-6-4-3-5-16(17)20-21(25-23(32-2)27-26-20)31-22(28)19-12-11-18(30-19)14-7-9-15(24)10-8-14/h3-12,22H,1-2H3. The number of carbonyl (C=O) groups excluding carboxylic acids is 1. The van der Waals surface area contributed by atoms with Gasteiger partial charge in [0.1, 0.15) is 11.6 Å². The molecule has 1 aliphatic heterocycles. The van der Waals surface area contributed by atoms with Crippen molar-refractivity contribution < 1.29 is 18.3 Å². The third-order valence-corrected chi connectivity index (χ3v) is 5.57. The molecule has 0 saturated heterocycles. The van der Waals surface area contributed by atoms with Gasteiger partial charge in [0.15, 0.2) is 11.5 Å². The molecule has 32 heavy (non-hydrogen) atoms. The second-order valence-electron chi connectivity index (χ2n) is 7.04. The van der Waals surface area contributed by atoms with Gasteiger partial charge in [0.25, 0.3) is 0 Å². The van der Waals surface area contributed by atoms with Crippen molar-refractivity contribution in [2.75, 3.05) is 11.2 Å². The van der Waals surface area contributed by atoms with E-state index in [0.717, 1.165) is 0 Å². The summed E-state index contributed by atoms with van der Waals surface area (Å²) in [6, 6.07) is 16.8. The van der Waals surface area contributed by atoms with Crippen LogP contribution in [0.1, 0.15) is 18.9 Å². The zero-order chi connectivity index (χ0) is 22.2. The molecule has 0 saturated carbocycles. The van der Waals surface area contributed by atoms with E-state index >= 15 is 0 Å². The summed E-state index contributed by atoms with van der Waals surface area (Å²) in [5.41, 5.74) is 2.43. The van der Waals surface area contributed by atoms with E-state index in [1.54, 1.807) is 24.3 Å². The highest BCUT2D eigenvalue weighted by Gasteiger charge is 2.36. The molecule has 3 heterocycles. The molecule has 1 aliphatic rings. The van der Waals surface area contributed by atoms with Crippen LogP contribution < -0.4 is 9.64 Å². The number of furan rings is 1. The number of halogens is 1. The average Bonchev–Trinajstić information content (AvgIpc) is 3.24. The van der Waals surface area contributed by atoms with Crippen LogP contribution in [0.25, 0.3) is 22.6 Å². The Morgan fingerprint density at radius 1 is 1.06 bits per heavy atom. The average molecular weight is 448 g/mol. The van der Waals surface area contributed by atoms with Crippen molar-refractivity contribution in [3.8, 4) is 28.5 Å². The molecular formula is C23H17FN4O3S. The van der Waals surface area contributed by atoms with E-state index in [1.807, 2.05) is 30.5 Å². The van der Waals surface area contributed by atoms with Crippen molar-refractivity contribution in [3.05, 3.63) is 72.2 Å². The summed E-state index contributed by atoms with van der Waals surface area (Å²) in [6.45, 7) is 1.46. The number of hydrogen-bond acceptors (Lipinski definition) is 7. The normalized spacial score (nSPS) is 14.8. The number of amides is 1. The monoisotopic (exact) mass is 448 g/mol. The Balaban J connectivity index is 1.66. The quantitative estimate of drug-likeness (QED) is 0.403. The van der Waals surface area contributed by atoms with Crippen molar-refractivity contribution in [1.82, 2.24) is 15.2 Å². The highest BCUT2D eigenvalue weighted by atomic mass is 32.2. The molecule has 0 bridgehead atoms. The zero-order valence-corrected chi connectivity index (χ0v) is 18.0. The smallest absolute Gasteiger partial charge is 0.247 e. The Bertz CT molecular complexity index is 1310. The van der Waals surface area contributed by atoms with Crippen LogP contribution in [0.5, 0.6) is 5.88 Å². The summed E-state index contributed by atoms with van der Waals surface area (Å²) in [5, 5.41) is 8.89. The molecule has 2 aromatic carbocycles. The van der Waals surface area contributed by atoms with E-state index in [-0.39, 0.29) is 17.6 Å². The van der Waals surface area contributed by atoms with Crippen LogP contribution in [-0.4, -0.2) is 27.3 Å². The molecule has 1 atom stereocenters. The number of anilines is 1. The lowest BCUT2D eigenvalue weighted by atomic mass is 10.1. The van der Waals surface area contributed by atoms with Crippen molar-refractivity contribution >= 4 is 23.4 Å². The molecule has 0 N–H and O–H groups in total. The second kappa shape index (κ2) is 8.08. The minimum Gasteiger partial charge on any atom is -0.455 e. The molecule has 1 unspecified atom stereocenters. The highest BCUT2D eigenvalue weighted by molar-refractivity contribution is 7.98.